The van der Waals surface area contributed by atoms with Crippen LogP contribution in [0.1, 0.15) is 5.56 Å². The summed E-state index contributed by atoms with van der Waals surface area (Å²) in [5, 5.41) is 14.5. The van der Waals surface area contributed by atoms with Gasteiger partial charge in [0.25, 0.3) is 0 Å². The van der Waals surface area contributed by atoms with Crippen molar-refractivity contribution in [2.24, 2.45) is 5.92 Å². The van der Waals surface area contributed by atoms with Crippen LogP contribution in [0.2, 0.25) is 10.0 Å². The first-order valence-corrected chi connectivity index (χ1v) is 8.19. The SMILES string of the molecule is O=C(NCC(Cc1ccc(F)cc1F)C(=O)O)Nc1c(Cl)cccc1Cl. The van der Waals surface area contributed by atoms with Crippen molar-refractivity contribution >= 4 is 40.9 Å². The molecule has 138 valence electrons. The number of aliphatic carboxylic acids is 1. The third kappa shape index (κ3) is 5.31. The van der Waals surface area contributed by atoms with E-state index in [1.165, 1.54) is 18.2 Å². The second-order valence-corrected chi connectivity index (χ2v) is 6.22. The molecule has 1 atom stereocenters. The first kappa shape index (κ1) is 19.9. The van der Waals surface area contributed by atoms with E-state index in [-0.39, 0.29) is 34.3 Å². The number of rotatable bonds is 6. The fourth-order valence-corrected chi connectivity index (χ4v) is 2.68. The quantitative estimate of drug-likeness (QED) is 0.672. The molecule has 0 saturated carbocycles. The predicted molar refractivity (Wildman–Crippen MR) is 94.7 cm³/mol. The Hall–Kier alpha value is -2.38. The summed E-state index contributed by atoms with van der Waals surface area (Å²) in [5.74, 6) is -3.94. The van der Waals surface area contributed by atoms with Crippen LogP contribution in [0.25, 0.3) is 0 Å². The predicted octanol–water partition coefficient (Wildman–Crippen LogP) is 4.34. The molecule has 2 aromatic rings. The fourth-order valence-electron chi connectivity index (χ4n) is 2.19. The van der Waals surface area contributed by atoms with E-state index in [0.717, 1.165) is 6.07 Å². The lowest BCUT2D eigenvalue weighted by molar-refractivity contribution is -0.141. The molecular weight excluding hydrogens is 389 g/mol. The molecule has 3 N–H and O–H groups in total. The second-order valence-electron chi connectivity index (χ2n) is 5.41. The van der Waals surface area contributed by atoms with E-state index in [1.807, 2.05) is 0 Å². The lowest BCUT2D eigenvalue weighted by Gasteiger charge is -2.15. The first-order chi connectivity index (χ1) is 12.3. The van der Waals surface area contributed by atoms with Crippen molar-refractivity contribution in [3.63, 3.8) is 0 Å². The van der Waals surface area contributed by atoms with Gasteiger partial charge in [-0.25, -0.2) is 13.6 Å². The minimum atomic E-state index is -1.23. The molecule has 0 fully saturated rings. The van der Waals surface area contributed by atoms with Gasteiger partial charge in [-0.2, -0.15) is 0 Å². The van der Waals surface area contributed by atoms with Gasteiger partial charge in [0.15, 0.2) is 0 Å². The Bertz CT molecular complexity index is 813. The number of halogens is 4. The molecular formula is C17H14Cl2F2N2O3. The number of anilines is 1. The van der Waals surface area contributed by atoms with Crippen molar-refractivity contribution in [1.29, 1.82) is 0 Å². The number of carbonyl (C=O) groups excluding carboxylic acids is 1. The van der Waals surface area contributed by atoms with E-state index in [9.17, 15) is 23.5 Å². The van der Waals surface area contributed by atoms with Crippen LogP contribution in [0, 0.1) is 17.6 Å². The van der Waals surface area contributed by atoms with Gasteiger partial charge in [0, 0.05) is 12.6 Å². The lowest BCUT2D eigenvalue weighted by Crippen LogP contribution is -2.36. The van der Waals surface area contributed by atoms with E-state index in [4.69, 9.17) is 23.2 Å². The normalized spacial score (nSPS) is 11.7. The van der Waals surface area contributed by atoms with E-state index in [1.54, 1.807) is 6.07 Å². The van der Waals surface area contributed by atoms with Crippen LogP contribution in [0.5, 0.6) is 0 Å². The van der Waals surface area contributed by atoms with Gasteiger partial charge < -0.3 is 15.7 Å². The molecule has 0 aromatic heterocycles. The number of carboxylic acid groups (broad SMARTS) is 1. The van der Waals surface area contributed by atoms with Gasteiger partial charge in [-0.15, -0.1) is 0 Å². The van der Waals surface area contributed by atoms with Crippen molar-refractivity contribution in [1.82, 2.24) is 5.32 Å². The number of carbonyl (C=O) groups is 2. The van der Waals surface area contributed by atoms with E-state index >= 15 is 0 Å². The smallest absolute Gasteiger partial charge is 0.319 e. The van der Waals surface area contributed by atoms with Crippen LogP contribution in [0.4, 0.5) is 19.3 Å². The Kier molecular flexibility index (Phi) is 6.76. The number of amides is 2. The number of benzene rings is 2. The van der Waals surface area contributed by atoms with E-state index < -0.39 is 29.6 Å². The molecule has 2 rings (SSSR count). The highest BCUT2D eigenvalue weighted by atomic mass is 35.5. The van der Waals surface area contributed by atoms with Crippen molar-refractivity contribution in [3.8, 4) is 0 Å². The van der Waals surface area contributed by atoms with Crippen molar-refractivity contribution in [2.75, 3.05) is 11.9 Å². The summed E-state index contributed by atoms with van der Waals surface area (Å²) in [6.45, 7) is -0.278. The molecule has 0 spiro atoms. The molecule has 2 aromatic carbocycles. The maximum atomic E-state index is 13.7. The lowest BCUT2D eigenvalue weighted by atomic mass is 9.99. The van der Waals surface area contributed by atoms with E-state index in [0.29, 0.717) is 6.07 Å². The average Bonchev–Trinajstić information content (AvgIpc) is 2.56. The number of carboxylic acids is 1. The summed E-state index contributed by atoms with van der Waals surface area (Å²) in [4.78, 5) is 23.3. The van der Waals surface area contributed by atoms with Crippen LogP contribution in [0.3, 0.4) is 0 Å². The van der Waals surface area contributed by atoms with Gasteiger partial charge in [0.05, 0.1) is 21.7 Å². The fraction of sp³-hybridized carbons (Fsp3) is 0.176. The Balaban J connectivity index is 2.00. The largest absolute Gasteiger partial charge is 0.481 e. The topological polar surface area (TPSA) is 78.4 Å². The third-order valence-corrected chi connectivity index (χ3v) is 4.17. The van der Waals surface area contributed by atoms with Crippen molar-refractivity contribution < 1.29 is 23.5 Å². The highest BCUT2D eigenvalue weighted by Crippen LogP contribution is 2.29. The Morgan fingerprint density at radius 2 is 1.77 bits per heavy atom. The van der Waals surface area contributed by atoms with Gasteiger partial charge in [0.2, 0.25) is 0 Å². The zero-order chi connectivity index (χ0) is 19.3. The van der Waals surface area contributed by atoms with Crippen LogP contribution >= 0.6 is 23.2 Å². The Labute approximate surface area is 157 Å². The molecule has 9 heteroatoms. The molecule has 2 amide bonds. The summed E-state index contributed by atoms with van der Waals surface area (Å²) in [6, 6.07) is 6.83. The minimum Gasteiger partial charge on any atom is -0.481 e. The standard InChI is InChI=1S/C17H14Cl2F2N2O3/c18-12-2-1-3-13(19)15(12)23-17(26)22-8-10(16(24)25)6-9-4-5-11(20)7-14(9)21/h1-5,7,10H,6,8H2,(H,24,25)(H2,22,23,26). The zero-order valence-corrected chi connectivity index (χ0v) is 14.7. The summed E-state index contributed by atoms with van der Waals surface area (Å²) in [7, 11) is 0. The third-order valence-electron chi connectivity index (χ3n) is 3.54. The zero-order valence-electron chi connectivity index (χ0n) is 13.2. The molecule has 0 aliphatic carbocycles. The van der Waals surface area contributed by atoms with Crippen LogP contribution in [0.15, 0.2) is 36.4 Å². The summed E-state index contributed by atoms with van der Waals surface area (Å²) in [5.41, 5.74) is 0.222. The highest BCUT2D eigenvalue weighted by molar-refractivity contribution is 6.39. The first-order valence-electron chi connectivity index (χ1n) is 7.43. The van der Waals surface area contributed by atoms with E-state index in [2.05, 4.69) is 10.6 Å². The molecule has 0 heterocycles. The van der Waals surface area contributed by atoms with Gasteiger partial charge in [-0.1, -0.05) is 35.3 Å². The summed E-state index contributed by atoms with van der Waals surface area (Å²) in [6.07, 6.45) is -0.214. The molecule has 0 radical (unpaired) electrons. The maximum absolute atomic E-state index is 13.7. The van der Waals surface area contributed by atoms with Crippen LogP contribution < -0.4 is 10.6 Å². The molecule has 1 unspecified atom stereocenters. The molecule has 0 saturated heterocycles. The van der Waals surface area contributed by atoms with Gasteiger partial charge in [-0.05, 0) is 30.2 Å². The monoisotopic (exact) mass is 402 g/mol. The Morgan fingerprint density at radius 1 is 1.12 bits per heavy atom. The second kappa shape index (κ2) is 8.82. The molecule has 0 aliphatic heterocycles. The molecule has 5 nitrogen and oxygen atoms in total. The minimum absolute atomic E-state index is 0.0372. The maximum Gasteiger partial charge on any atom is 0.319 e. The highest BCUT2D eigenvalue weighted by Gasteiger charge is 2.21. The van der Waals surface area contributed by atoms with Crippen molar-refractivity contribution in [2.45, 2.75) is 6.42 Å². The van der Waals surface area contributed by atoms with Crippen LogP contribution in [-0.2, 0) is 11.2 Å². The molecule has 0 bridgehead atoms. The number of hydrogen-bond acceptors (Lipinski definition) is 2. The number of nitrogens with one attached hydrogen (secondary N) is 2. The van der Waals surface area contributed by atoms with Gasteiger partial charge in [-0.3, -0.25) is 4.79 Å². The number of para-hydroxylation sites is 1. The van der Waals surface area contributed by atoms with Gasteiger partial charge in [0.1, 0.15) is 11.6 Å². The average molecular weight is 403 g/mol. The van der Waals surface area contributed by atoms with Gasteiger partial charge >= 0.3 is 12.0 Å². The number of hydrogen-bond donors (Lipinski definition) is 3. The van der Waals surface area contributed by atoms with Crippen molar-refractivity contribution in [3.05, 3.63) is 63.6 Å². The molecule has 26 heavy (non-hydrogen) atoms. The molecule has 0 aliphatic rings. The Morgan fingerprint density at radius 3 is 2.35 bits per heavy atom. The van der Waals surface area contributed by atoms with Crippen LogP contribution in [-0.4, -0.2) is 23.7 Å². The summed E-state index contributed by atoms with van der Waals surface area (Å²) >= 11 is 11.9. The number of urea groups is 1. The summed E-state index contributed by atoms with van der Waals surface area (Å²) < 4.78 is 26.6.